The quantitative estimate of drug-likeness (QED) is 0.670. The van der Waals surface area contributed by atoms with Gasteiger partial charge in [0.2, 0.25) is 11.7 Å². The van der Waals surface area contributed by atoms with Gasteiger partial charge in [-0.3, -0.25) is 14.4 Å². The van der Waals surface area contributed by atoms with E-state index < -0.39 is 29.2 Å². The Morgan fingerprint density at radius 2 is 2.00 bits per heavy atom. The van der Waals surface area contributed by atoms with Crippen molar-refractivity contribution in [2.45, 2.75) is 19.4 Å². The summed E-state index contributed by atoms with van der Waals surface area (Å²) in [5.41, 5.74) is 5.67. The summed E-state index contributed by atoms with van der Waals surface area (Å²) in [7, 11) is 0. The molecule has 0 aliphatic carbocycles. The maximum atomic E-state index is 14.0. The van der Waals surface area contributed by atoms with Crippen molar-refractivity contribution < 1.29 is 27.6 Å². The Hall–Kier alpha value is -3.75. The molecule has 1 aliphatic rings. The molecule has 30 heavy (non-hydrogen) atoms. The van der Waals surface area contributed by atoms with Crippen LogP contribution in [0.4, 0.5) is 14.5 Å². The average Bonchev–Trinajstić information content (AvgIpc) is 3.26. The summed E-state index contributed by atoms with van der Waals surface area (Å²) < 4.78 is 32.8. The van der Waals surface area contributed by atoms with E-state index in [9.17, 15) is 23.2 Å². The van der Waals surface area contributed by atoms with Gasteiger partial charge < -0.3 is 20.4 Å². The van der Waals surface area contributed by atoms with Gasteiger partial charge in [0, 0.05) is 31.1 Å². The van der Waals surface area contributed by atoms with Crippen LogP contribution in [0.5, 0.6) is 0 Å². The number of benzene rings is 2. The van der Waals surface area contributed by atoms with Crippen LogP contribution < -0.4 is 11.1 Å². The van der Waals surface area contributed by atoms with E-state index in [1.807, 2.05) is 0 Å². The normalized spacial score (nSPS) is 13.8. The number of nitrogens with two attached hydrogens (primary N) is 1. The fraction of sp³-hybridized carbons (Fsp3) is 0.190. The topological polar surface area (TPSA) is 106 Å². The van der Waals surface area contributed by atoms with Crippen LogP contribution in [0.1, 0.15) is 39.3 Å². The smallest absolute Gasteiger partial charge is 0.286 e. The summed E-state index contributed by atoms with van der Waals surface area (Å²) in [6, 6.07) is 8.14. The highest BCUT2D eigenvalue weighted by molar-refractivity contribution is 6.14. The van der Waals surface area contributed by atoms with E-state index in [1.54, 1.807) is 23.1 Å². The Bertz CT molecular complexity index is 1190. The molecule has 3 N–H and O–H groups in total. The van der Waals surface area contributed by atoms with Crippen molar-refractivity contribution in [1.82, 2.24) is 4.90 Å². The number of furan rings is 1. The van der Waals surface area contributed by atoms with Gasteiger partial charge in [-0.15, -0.1) is 0 Å². The molecule has 1 aliphatic heterocycles. The van der Waals surface area contributed by atoms with Gasteiger partial charge in [-0.2, -0.15) is 0 Å². The van der Waals surface area contributed by atoms with Gasteiger partial charge in [-0.05, 0) is 30.2 Å². The van der Waals surface area contributed by atoms with Gasteiger partial charge in [-0.1, -0.05) is 12.1 Å². The predicted octanol–water partition coefficient (Wildman–Crippen LogP) is 3.18. The summed E-state index contributed by atoms with van der Waals surface area (Å²) in [4.78, 5) is 38.0. The van der Waals surface area contributed by atoms with E-state index in [4.69, 9.17) is 10.2 Å². The van der Waals surface area contributed by atoms with Crippen molar-refractivity contribution >= 4 is 34.4 Å². The highest BCUT2D eigenvalue weighted by Crippen LogP contribution is 2.33. The Balaban J connectivity index is 1.65. The number of amides is 3. The molecule has 1 aromatic heterocycles. The molecule has 0 radical (unpaired) electrons. The van der Waals surface area contributed by atoms with E-state index in [2.05, 4.69) is 5.32 Å². The monoisotopic (exact) mass is 413 g/mol. The Labute approximate surface area is 169 Å². The molecule has 7 nitrogen and oxygen atoms in total. The molecule has 0 spiro atoms. The SMILES string of the molecule is NC(=O)c1oc2c(F)cc(F)cc2c1NC(=O)c1cccc(CN2CCCC2=O)c1. The molecule has 3 amide bonds. The second-order valence-electron chi connectivity index (χ2n) is 7.01. The zero-order chi connectivity index (χ0) is 21.4. The number of fused-ring (bicyclic) bond motifs is 1. The van der Waals surface area contributed by atoms with Crippen molar-refractivity contribution in [1.29, 1.82) is 0 Å². The lowest BCUT2D eigenvalue weighted by molar-refractivity contribution is -0.128. The summed E-state index contributed by atoms with van der Waals surface area (Å²) in [5, 5.41) is 2.35. The number of anilines is 1. The number of carbonyl (C=O) groups is 3. The van der Waals surface area contributed by atoms with Crippen molar-refractivity contribution in [3.8, 4) is 0 Å². The average molecular weight is 413 g/mol. The Morgan fingerprint density at radius 1 is 1.20 bits per heavy atom. The first-order valence-corrected chi connectivity index (χ1v) is 9.23. The molecule has 0 unspecified atom stereocenters. The molecule has 154 valence electrons. The number of carbonyl (C=O) groups excluding carboxylic acids is 3. The predicted molar refractivity (Wildman–Crippen MR) is 104 cm³/mol. The van der Waals surface area contributed by atoms with Gasteiger partial charge in [0.1, 0.15) is 11.5 Å². The number of nitrogens with one attached hydrogen (secondary N) is 1. The molecule has 2 aromatic carbocycles. The van der Waals surface area contributed by atoms with Gasteiger partial charge in [0.05, 0.1) is 5.39 Å². The lowest BCUT2D eigenvalue weighted by atomic mass is 10.1. The number of nitrogens with zero attached hydrogens (tertiary/aromatic N) is 1. The van der Waals surface area contributed by atoms with Crippen LogP contribution in [-0.2, 0) is 11.3 Å². The van der Waals surface area contributed by atoms with Gasteiger partial charge in [0.25, 0.3) is 11.8 Å². The molecule has 4 rings (SSSR count). The third-order valence-electron chi connectivity index (χ3n) is 4.91. The molecule has 1 saturated heterocycles. The fourth-order valence-electron chi connectivity index (χ4n) is 3.51. The van der Waals surface area contributed by atoms with Crippen molar-refractivity contribution in [2.24, 2.45) is 5.73 Å². The first kappa shape index (κ1) is 19.6. The lowest BCUT2D eigenvalue weighted by Gasteiger charge is -2.16. The maximum Gasteiger partial charge on any atom is 0.286 e. The van der Waals surface area contributed by atoms with Crippen LogP contribution in [0, 0.1) is 11.6 Å². The van der Waals surface area contributed by atoms with Crippen LogP contribution >= 0.6 is 0 Å². The lowest BCUT2D eigenvalue weighted by Crippen LogP contribution is -2.24. The molecule has 0 saturated carbocycles. The minimum Gasteiger partial charge on any atom is -0.446 e. The van der Waals surface area contributed by atoms with Crippen LogP contribution in [0.15, 0.2) is 40.8 Å². The highest BCUT2D eigenvalue weighted by Gasteiger charge is 2.24. The van der Waals surface area contributed by atoms with Crippen LogP contribution in [0.2, 0.25) is 0 Å². The van der Waals surface area contributed by atoms with Gasteiger partial charge in [0.15, 0.2) is 11.4 Å². The molecule has 0 bridgehead atoms. The molecule has 3 aromatic rings. The molecule has 1 fully saturated rings. The number of halogens is 2. The van der Waals surface area contributed by atoms with Gasteiger partial charge in [-0.25, -0.2) is 8.78 Å². The second-order valence-corrected chi connectivity index (χ2v) is 7.01. The summed E-state index contributed by atoms with van der Waals surface area (Å²) in [6.45, 7) is 1.03. The fourth-order valence-corrected chi connectivity index (χ4v) is 3.51. The van der Waals surface area contributed by atoms with Crippen molar-refractivity contribution in [3.05, 3.63) is 64.9 Å². The Morgan fingerprint density at radius 3 is 2.70 bits per heavy atom. The minimum atomic E-state index is -1.04. The van der Waals surface area contributed by atoms with E-state index in [1.165, 1.54) is 6.07 Å². The summed E-state index contributed by atoms with van der Waals surface area (Å²) in [5.74, 6) is -4.01. The summed E-state index contributed by atoms with van der Waals surface area (Å²) in [6.07, 6.45) is 1.31. The third kappa shape index (κ3) is 3.61. The van der Waals surface area contributed by atoms with E-state index >= 15 is 0 Å². The van der Waals surface area contributed by atoms with Crippen LogP contribution in [-0.4, -0.2) is 29.2 Å². The van der Waals surface area contributed by atoms with Crippen LogP contribution in [0.3, 0.4) is 0 Å². The highest BCUT2D eigenvalue weighted by atomic mass is 19.1. The first-order valence-electron chi connectivity index (χ1n) is 9.23. The van der Waals surface area contributed by atoms with E-state index in [0.717, 1.165) is 18.1 Å². The second kappa shape index (κ2) is 7.58. The largest absolute Gasteiger partial charge is 0.446 e. The van der Waals surface area contributed by atoms with Crippen molar-refractivity contribution in [2.75, 3.05) is 11.9 Å². The maximum absolute atomic E-state index is 14.0. The van der Waals surface area contributed by atoms with Crippen molar-refractivity contribution in [3.63, 3.8) is 0 Å². The number of hydrogen-bond acceptors (Lipinski definition) is 4. The zero-order valence-electron chi connectivity index (χ0n) is 15.7. The standard InChI is InChI=1S/C21H17F2N3O4/c22-13-8-14-17(19(20(24)28)30-18(14)15(23)9-13)25-21(29)12-4-1-3-11(7-12)10-26-6-2-5-16(26)27/h1,3-4,7-9H,2,5-6,10H2,(H2,24,28)(H,25,29). The molecule has 0 atom stereocenters. The molecule has 9 heteroatoms. The molecular weight excluding hydrogens is 396 g/mol. The third-order valence-corrected chi connectivity index (χ3v) is 4.91. The number of hydrogen-bond donors (Lipinski definition) is 2. The molecular formula is C21H17F2N3O4. The van der Waals surface area contributed by atoms with Gasteiger partial charge >= 0.3 is 0 Å². The zero-order valence-corrected chi connectivity index (χ0v) is 15.7. The Kier molecular flexibility index (Phi) is 4.94. The minimum absolute atomic E-state index is 0.0601. The number of likely N-dealkylation sites (tertiary alicyclic amines) is 1. The summed E-state index contributed by atoms with van der Waals surface area (Å²) >= 11 is 0. The van der Waals surface area contributed by atoms with Crippen LogP contribution in [0.25, 0.3) is 11.0 Å². The first-order chi connectivity index (χ1) is 14.3. The van der Waals surface area contributed by atoms with E-state index in [0.29, 0.717) is 25.6 Å². The number of rotatable bonds is 5. The number of primary amides is 1. The molecule has 2 heterocycles. The van der Waals surface area contributed by atoms with E-state index in [-0.39, 0.29) is 28.1 Å².